The van der Waals surface area contributed by atoms with Crippen LogP contribution in [0.5, 0.6) is 0 Å². The molecule has 1 saturated heterocycles. The van der Waals surface area contributed by atoms with E-state index in [1.165, 1.54) is 10.4 Å². The maximum Gasteiger partial charge on any atom is 0.261 e. The summed E-state index contributed by atoms with van der Waals surface area (Å²) in [5.41, 5.74) is 0. The van der Waals surface area contributed by atoms with E-state index in [1.54, 1.807) is 0 Å². The largest absolute Gasteiger partial charge is 0.405 e. The molecule has 2 aromatic carbocycles. The fourth-order valence-corrected chi connectivity index (χ4v) is 9.63. The van der Waals surface area contributed by atoms with E-state index in [2.05, 4.69) is 88.4 Å². The molecule has 182 valence electrons. The predicted molar refractivity (Wildman–Crippen MR) is 137 cm³/mol. The fourth-order valence-electron chi connectivity index (χ4n) is 5.04. The number of benzene rings is 2. The van der Waals surface area contributed by atoms with Crippen LogP contribution in [-0.2, 0) is 13.9 Å². The van der Waals surface area contributed by atoms with Gasteiger partial charge in [-0.05, 0) is 48.0 Å². The van der Waals surface area contributed by atoms with Gasteiger partial charge in [0.05, 0.1) is 18.8 Å². The van der Waals surface area contributed by atoms with E-state index in [4.69, 9.17) is 13.9 Å². The molecule has 0 amide bonds. The molecule has 5 heteroatoms. The highest BCUT2D eigenvalue weighted by Crippen LogP contribution is 2.38. The summed E-state index contributed by atoms with van der Waals surface area (Å²) in [5.74, 6) is -0.364. The summed E-state index contributed by atoms with van der Waals surface area (Å²) in [4.78, 5) is 0. The van der Waals surface area contributed by atoms with E-state index in [9.17, 15) is 5.11 Å². The van der Waals surface area contributed by atoms with Crippen LogP contribution >= 0.6 is 0 Å². The van der Waals surface area contributed by atoms with Crippen LogP contribution in [0.1, 0.15) is 60.8 Å². The van der Waals surface area contributed by atoms with E-state index in [1.807, 2.05) is 13.8 Å². The van der Waals surface area contributed by atoms with Crippen molar-refractivity contribution >= 4 is 18.7 Å². The number of ether oxygens (including phenoxy) is 2. The molecule has 4 nitrogen and oxygen atoms in total. The van der Waals surface area contributed by atoms with E-state index in [0.717, 1.165) is 19.3 Å². The number of rotatable bonds is 9. The van der Waals surface area contributed by atoms with E-state index < -0.39 is 14.1 Å². The van der Waals surface area contributed by atoms with E-state index >= 15 is 0 Å². The highest BCUT2D eigenvalue weighted by atomic mass is 28.4. The Morgan fingerprint density at radius 2 is 1.48 bits per heavy atom. The molecule has 0 radical (unpaired) electrons. The van der Waals surface area contributed by atoms with Gasteiger partial charge in [-0.1, -0.05) is 88.4 Å². The molecule has 1 aliphatic heterocycles. The van der Waals surface area contributed by atoms with Gasteiger partial charge in [0.2, 0.25) is 0 Å². The number of hydrogen-bond acceptors (Lipinski definition) is 4. The van der Waals surface area contributed by atoms with Gasteiger partial charge in [-0.15, -0.1) is 0 Å². The maximum absolute atomic E-state index is 9.40. The fraction of sp³-hybridized carbons (Fsp3) is 0.571. The molecule has 1 N–H and O–H groups in total. The van der Waals surface area contributed by atoms with Crippen LogP contribution < -0.4 is 10.4 Å². The minimum Gasteiger partial charge on any atom is -0.405 e. The van der Waals surface area contributed by atoms with Crippen LogP contribution in [-0.4, -0.2) is 44.6 Å². The lowest BCUT2D eigenvalue weighted by atomic mass is 9.99. The first-order chi connectivity index (χ1) is 15.6. The van der Waals surface area contributed by atoms with E-state index in [-0.39, 0.29) is 29.8 Å². The molecular formula is C28H42O4Si. The molecule has 33 heavy (non-hydrogen) atoms. The number of aliphatic hydroxyl groups excluding tert-OH is 1. The smallest absolute Gasteiger partial charge is 0.261 e. The SMILES string of the molecule is C[C@@H](CO)CC[C@@H]1C[C@@H](CO[Si](c2ccccc2)(c2ccccc2)C(C)(C)C)OC(C)(C)O1. The monoisotopic (exact) mass is 470 g/mol. The Labute approximate surface area is 201 Å². The Morgan fingerprint density at radius 3 is 1.97 bits per heavy atom. The Bertz CT molecular complexity index is 808. The molecule has 0 saturated carbocycles. The van der Waals surface area contributed by atoms with Crippen molar-refractivity contribution in [3.63, 3.8) is 0 Å². The Hall–Kier alpha value is -1.50. The zero-order valence-corrected chi connectivity index (χ0v) is 22.2. The van der Waals surface area contributed by atoms with Gasteiger partial charge in [0.15, 0.2) is 5.79 Å². The lowest BCUT2D eigenvalue weighted by Crippen LogP contribution is -2.67. The van der Waals surface area contributed by atoms with Crippen LogP contribution in [0, 0.1) is 5.92 Å². The molecule has 0 aromatic heterocycles. The third kappa shape index (κ3) is 6.34. The molecule has 0 unspecified atom stereocenters. The zero-order chi connectivity index (χ0) is 24.1. The minimum absolute atomic E-state index is 0.0372. The first-order valence-corrected chi connectivity index (χ1v) is 14.2. The average Bonchev–Trinajstić information content (AvgIpc) is 2.77. The second-order valence-corrected chi connectivity index (χ2v) is 15.3. The van der Waals surface area contributed by atoms with Crippen LogP contribution in [0.4, 0.5) is 0 Å². The van der Waals surface area contributed by atoms with Crippen molar-refractivity contribution in [1.82, 2.24) is 0 Å². The van der Waals surface area contributed by atoms with Crippen molar-refractivity contribution < 1.29 is 19.0 Å². The average molecular weight is 471 g/mol. The van der Waals surface area contributed by atoms with Crippen LogP contribution in [0.15, 0.2) is 60.7 Å². The van der Waals surface area contributed by atoms with Crippen molar-refractivity contribution in [3.05, 3.63) is 60.7 Å². The zero-order valence-electron chi connectivity index (χ0n) is 21.2. The minimum atomic E-state index is -2.60. The van der Waals surface area contributed by atoms with Gasteiger partial charge in [-0.3, -0.25) is 0 Å². The van der Waals surface area contributed by atoms with Crippen molar-refractivity contribution in [2.75, 3.05) is 13.2 Å². The molecule has 0 spiro atoms. The second kappa shape index (κ2) is 10.8. The molecule has 0 bridgehead atoms. The van der Waals surface area contributed by atoms with Gasteiger partial charge >= 0.3 is 0 Å². The Kier molecular flexibility index (Phi) is 8.57. The molecular weight excluding hydrogens is 428 g/mol. The number of hydrogen-bond donors (Lipinski definition) is 1. The van der Waals surface area contributed by atoms with Crippen molar-refractivity contribution in [3.8, 4) is 0 Å². The maximum atomic E-state index is 9.40. The van der Waals surface area contributed by atoms with E-state index in [0.29, 0.717) is 6.61 Å². The summed E-state index contributed by atoms with van der Waals surface area (Å²) in [6.45, 7) is 13.7. The van der Waals surface area contributed by atoms with Gasteiger partial charge in [0.1, 0.15) is 0 Å². The summed E-state index contributed by atoms with van der Waals surface area (Å²) in [7, 11) is -2.60. The van der Waals surface area contributed by atoms with Crippen LogP contribution in [0.25, 0.3) is 0 Å². The summed E-state index contributed by atoms with van der Waals surface area (Å²) in [5, 5.41) is 11.9. The van der Waals surface area contributed by atoms with Crippen molar-refractivity contribution in [2.24, 2.45) is 5.92 Å². The first-order valence-electron chi connectivity index (χ1n) is 12.3. The predicted octanol–water partition coefficient (Wildman–Crippen LogP) is 4.88. The summed E-state index contributed by atoms with van der Waals surface area (Å²) in [6, 6.07) is 21.5. The Morgan fingerprint density at radius 1 is 0.970 bits per heavy atom. The molecule has 0 aliphatic carbocycles. The normalized spacial score (nSPS) is 22.2. The highest BCUT2D eigenvalue weighted by molar-refractivity contribution is 6.99. The topological polar surface area (TPSA) is 47.9 Å². The molecule has 3 atom stereocenters. The molecule has 1 fully saturated rings. The Balaban J connectivity index is 1.88. The quantitative estimate of drug-likeness (QED) is 0.531. The van der Waals surface area contributed by atoms with Crippen LogP contribution in [0.2, 0.25) is 5.04 Å². The molecule has 1 aliphatic rings. The summed E-state index contributed by atoms with van der Waals surface area (Å²) < 4.78 is 19.7. The third-order valence-electron chi connectivity index (χ3n) is 6.62. The molecule has 2 aromatic rings. The second-order valence-electron chi connectivity index (χ2n) is 11.0. The lowest BCUT2D eigenvalue weighted by Gasteiger charge is -2.46. The van der Waals surface area contributed by atoms with Gasteiger partial charge in [-0.25, -0.2) is 0 Å². The van der Waals surface area contributed by atoms with Crippen molar-refractivity contribution in [2.45, 2.75) is 83.8 Å². The first kappa shape index (κ1) is 26.1. The summed E-state index contributed by atoms with van der Waals surface area (Å²) in [6.07, 6.45) is 2.74. The lowest BCUT2D eigenvalue weighted by molar-refractivity contribution is -0.304. The third-order valence-corrected chi connectivity index (χ3v) is 11.6. The van der Waals surface area contributed by atoms with Crippen molar-refractivity contribution in [1.29, 1.82) is 0 Å². The standard InChI is InChI=1S/C28H42O4Si/c1-22(20-29)17-18-23-19-24(32-28(5,6)31-23)21-30-33(27(2,3)4,25-13-9-7-10-14-25)26-15-11-8-12-16-26/h7-16,22-24,29H,17-21H2,1-6H3/t22-,23-,24+/m1/s1. The number of aliphatic hydroxyl groups is 1. The molecule has 3 rings (SSSR count). The van der Waals surface area contributed by atoms with Gasteiger partial charge in [0.25, 0.3) is 8.32 Å². The highest BCUT2D eigenvalue weighted by Gasteiger charge is 2.51. The van der Waals surface area contributed by atoms with Gasteiger partial charge < -0.3 is 19.0 Å². The van der Waals surface area contributed by atoms with Gasteiger partial charge in [-0.2, -0.15) is 0 Å². The van der Waals surface area contributed by atoms with Crippen LogP contribution in [0.3, 0.4) is 0 Å². The summed E-state index contributed by atoms with van der Waals surface area (Å²) >= 11 is 0. The molecule has 1 heterocycles. The van der Waals surface area contributed by atoms with Gasteiger partial charge in [0, 0.05) is 13.0 Å².